The number of Topliss-reactive ketones (excluding diaryl/α,β-unsaturated/α-hetero) is 1. The highest BCUT2D eigenvalue weighted by Gasteiger charge is 2.28. The van der Waals surface area contributed by atoms with Crippen molar-refractivity contribution in [2.24, 2.45) is 23.5 Å². The zero-order valence-corrected chi connectivity index (χ0v) is 16.4. The van der Waals surface area contributed by atoms with Crippen LogP contribution in [0.1, 0.15) is 55.3 Å². The molecular formula is C22H32N2O3. The van der Waals surface area contributed by atoms with Crippen molar-refractivity contribution in [3.63, 3.8) is 0 Å². The van der Waals surface area contributed by atoms with E-state index in [-0.39, 0.29) is 23.5 Å². The number of amides is 1. The van der Waals surface area contributed by atoms with Crippen LogP contribution in [-0.2, 0) is 4.79 Å². The largest absolute Gasteiger partial charge is 0.497 e. The fraction of sp³-hybridized carbons (Fsp3) is 0.636. The standard InChI is InChI=1S/C22H32N2O3/c1-27-20-8-6-17(7-9-20)21(25)18-11-14-24(15-12-18)13-10-16-2-4-19(5-3-16)22(23)26/h6-9,16,18-19H,2-5,10-15H2,1H3,(H2,23,26). The second-order valence-electron chi connectivity index (χ2n) is 8.12. The van der Waals surface area contributed by atoms with Crippen molar-refractivity contribution < 1.29 is 14.3 Å². The lowest BCUT2D eigenvalue weighted by molar-refractivity contribution is -0.123. The Kier molecular flexibility index (Phi) is 6.89. The molecule has 5 nitrogen and oxygen atoms in total. The maximum absolute atomic E-state index is 12.7. The number of rotatable bonds is 7. The van der Waals surface area contributed by atoms with Crippen molar-refractivity contribution in [2.75, 3.05) is 26.7 Å². The molecule has 2 N–H and O–H groups in total. The molecule has 1 aromatic rings. The monoisotopic (exact) mass is 372 g/mol. The SMILES string of the molecule is COc1ccc(C(=O)C2CCN(CCC3CCC(C(N)=O)CC3)CC2)cc1. The lowest BCUT2D eigenvalue weighted by Crippen LogP contribution is -2.37. The molecule has 1 saturated heterocycles. The molecule has 1 aliphatic carbocycles. The molecule has 1 heterocycles. The van der Waals surface area contributed by atoms with Crippen molar-refractivity contribution in [3.05, 3.63) is 29.8 Å². The van der Waals surface area contributed by atoms with E-state index in [0.717, 1.165) is 75.4 Å². The van der Waals surface area contributed by atoms with E-state index in [0.29, 0.717) is 0 Å². The summed E-state index contributed by atoms with van der Waals surface area (Å²) in [5.74, 6) is 1.88. The Labute approximate surface area is 162 Å². The van der Waals surface area contributed by atoms with E-state index in [9.17, 15) is 9.59 Å². The lowest BCUT2D eigenvalue weighted by Gasteiger charge is -2.33. The van der Waals surface area contributed by atoms with Gasteiger partial charge in [0, 0.05) is 17.4 Å². The first-order valence-corrected chi connectivity index (χ1v) is 10.3. The van der Waals surface area contributed by atoms with Gasteiger partial charge >= 0.3 is 0 Å². The Morgan fingerprint density at radius 3 is 2.19 bits per heavy atom. The van der Waals surface area contributed by atoms with Crippen molar-refractivity contribution in [2.45, 2.75) is 44.9 Å². The zero-order valence-electron chi connectivity index (χ0n) is 16.4. The van der Waals surface area contributed by atoms with Gasteiger partial charge < -0.3 is 15.4 Å². The molecule has 1 aromatic carbocycles. The number of likely N-dealkylation sites (tertiary alicyclic amines) is 1. The van der Waals surface area contributed by atoms with Gasteiger partial charge in [-0.1, -0.05) is 0 Å². The van der Waals surface area contributed by atoms with Gasteiger partial charge in [-0.3, -0.25) is 9.59 Å². The average Bonchev–Trinajstić information content (AvgIpc) is 2.72. The predicted octanol–water partition coefficient (Wildman–Crippen LogP) is 3.27. The second-order valence-corrected chi connectivity index (χ2v) is 8.12. The Balaban J connectivity index is 1.38. The van der Waals surface area contributed by atoms with Crippen molar-refractivity contribution in [1.29, 1.82) is 0 Å². The number of piperidine rings is 1. The van der Waals surface area contributed by atoms with Crippen LogP contribution in [0.25, 0.3) is 0 Å². The van der Waals surface area contributed by atoms with Crippen LogP contribution in [0.4, 0.5) is 0 Å². The van der Waals surface area contributed by atoms with Crippen LogP contribution in [0, 0.1) is 17.8 Å². The number of primary amides is 1. The third kappa shape index (κ3) is 5.32. The molecule has 1 aliphatic heterocycles. The Morgan fingerprint density at radius 1 is 1.00 bits per heavy atom. The van der Waals surface area contributed by atoms with Gasteiger partial charge in [0.25, 0.3) is 0 Å². The predicted molar refractivity (Wildman–Crippen MR) is 106 cm³/mol. The first kappa shape index (κ1) is 19.9. The van der Waals surface area contributed by atoms with E-state index in [4.69, 9.17) is 10.5 Å². The first-order valence-electron chi connectivity index (χ1n) is 10.3. The second kappa shape index (κ2) is 9.36. The number of hydrogen-bond donors (Lipinski definition) is 1. The van der Waals surface area contributed by atoms with Gasteiger partial charge in [-0.2, -0.15) is 0 Å². The van der Waals surface area contributed by atoms with E-state index < -0.39 is 0 Å². The van der Waals surface area contributed by atoms with Crippen LogP contribution < -0.4 is 10.5 Å². The maximum Gasteiger partial charge on any atom is 0.220 e. The number of ether oxygens (including phenoxy) is 1. The molecule has 0 atom stereocenters. The Bertz CT molecular complexity index is 627. The molecule has 1 saturated carbocycles. The van der Waals surface area contributed by atoms with Crippen molar-refractivity contribution >= 4 is 11.7 Å². The van der Waals surface area contributed by atoms with Gasteiger partial charge in [0.05, 0.1) is 7.11 Å². The molecule has 3 rings (SSSR count). The topological polar surface area (TPSA) is 72.6 Å². The quantitative estimate of drug-likeness (QED) is 0.746. The molecule has 5 heteroatoms. The number of ketones is 1. The summed E-state index contributed by atoms with van der Waals surface area (Å²) >= 11 is 0. The number of nitrogens with zero attached hydrogens (tertiary/aromatic N) is 1. The van der Waals surface area contributed by atoms with Crippen molar-refractivity contribution in [3.8, 4) is 5.75 Å². The minimum Gasteiger partial charge on any atom is -0.497 e. The van der Waals surface area contributed by atoms with Gasteiger partial charge in [0.15, 0.2) is 5.78 Å². The summed E-state index contributed by atoms with van der Waals surface area (Å²) < 4.78 is 5.16. The molecule has 2 fully saturated rings. The van der Waals surface area contributed by atoms with Gasteiger partial charge in [-0.05, 0) is 94.8 Å². The average molecular weight is 373 g/mol. The molecule has 1 amide bonds. The summed E-state index contributed by atoms with van der Waals surface area (Å²) in [6.07, 6.45) is 7.25. The van der Waals surface area contributed by atoms with Gasteiger partial charge in [-0.15, -0.1) is 0 Å². The number of nitrogens with two attached hydrogens (primary N) is 1. The molecule has 0 radical (unpaired) electrons. The molecule has 27 heavy (non-hydrogen) atoms. The van der Waals surface area contributed by atoms with Gasteiger partial charge in [0.1, 0.15) is 5.75 Å². The zero-order chi connectivity index (χ0) is 19.2. The smallest absolute Gasteiger partial charge is 0.220 e. The summed E-state index contributed by atoms with van der Waals surface area (Å²) in [7, 11) is 1.63. The highest BCUT2D eigenvalue weighted by Crippen LogP contribution is 2.31. The van der Waals surface area contributed by atoms with Crippen molar-refractivity contribution in [1.82, 2.24) is 4.90 Å². The molecule has 0 aromatic heterocycles. The molecule has 0 spiro atoms. The van der Waals surface area contributed by atoms with Crippen LogP contribution in [-0.4, -0.2) is 43.3 Å². The van der Waals surface area contributed by atoms with Gasteiger partial charge in [-0.25, -0.2) is 0 Å². The Morgan fingerprint density at radius 2 is 1.63 bits per heavy atom. The Hall–Kier alpha value is -1.88. The molecular weight excluding hydrogens is 340 g/mol. The number of methoxy groups -OCH3 is 1. The number of carbonyl (C=O) groups is 2. The van der Waals surface area contributed by atoms with E-state index in [1.54, 1.807) is 7.11 Å². The van der Waals surface area contributed by atoms with Crippen LogP contribution in [0.5, 0.6) is 5.75 Å². The van der Waals surface area contributed by atoms with E-state index >= 15 is 0 Å². The summed E-state index contributed by atoms with van der Waals surface area (Å²) in [5, 5.41) is 0. The lowest BCUT2D eigenvalue weighted by atomic mass is 9.80. The maximum atomic E-state index is 12.7. The highest BCUT2D eigenvalue weighted by molar-refractivity contribution is 5.98. The van der Waals surface area contributed by atoms with Crippen LogP contribution >= 0.6 is 0 Å². The molecule has 0 unspecified atom stereocenters. The van der Waals surface area contributed by atoms with E-state index in [1.807, 2.05) is 24.3 Å². The minimum atomic E-state index is -0.128. The summed E-state index contributed by atoms with van der Waals surface area (Å²) in [6.45, 7) is 3.11. The highest BCUT2D eigenvalue weighted by atomic mass is 16.5. The third-order valence-corrected chi connectivity index (χ3v) is 6.44. The minimum absolute atomic E-state index is 0.0981. The molecule has 148 valence electrons. The first-order chi connectivity index (χ1) is 13.1. The van der Waals surface area contributed by atoms with E-state index in [1.165, 1.54) is 6.42 Å². The van der Waals surface area contributed by atoms with Gasteiger partial charge in [0.2, 0.25) is 5.91 Å². The van der Waals surface area contributed by atoms with Crippen LogP contribution in [0.3, 0.4) is 0 Å². The van der Waals surface area contributed by atoms with Crippen LogP contribution in [0.15, 0.2) is 24.3 Å². The van der Waals surface area contributed by atoms with E-state index in [2.05, 4.69) is 4.90 Å². The molecule has 2 aliphatic rings. The number of hydrogen-bond acceptors (Lipinski definition) is 4. The van der Waals surface area contributed by atoms with Crippen LogP contribution in [0.2, 0.25) is 0 Å². The molecule has 0 bridgehead atoms. The summed E-state index contributed by atoms with van der Waals surface area (Å²) in [4.78, 5) is 26.5. The third-order valence-electron chi connectivity index (χ3n) is 6.44. The fourth-order valence-corrected chi connectivity index (χ4v) is 4.51. The number of carbonyl (C=O) groups excluding carboxylic acids is 2. The number of benzene rings is 1. The summed E-state index contributed by atoms with van der Waals surface area (Å²) in [6, 6.07) is 7.45. The summed E-state index contributed by atoms with van der Waals surface area (Å²) in [5.41, 5.74) is 6.21. The fourth-order valence-electron chi connectivity index (χ4n) is 4.51. The normalized spacial score (nSPS) is 24.5.